The molecule has 0 aromatic heterocycles. The molecule has 1 N–H and O–H groups in total. The summed E-state index contributed by atoms with van der Waals surface area (Å²) in [6.45, 7) is 6.62. The van der Waals surface area contributed by atoms with Gasteiger partial charge in [-0.25, -0.2) is 8.42 Å². The maximum Gasteiger partial charge on any atom is 0.261 e. The molecule has 1 aliphatic heterocycles. The number of allylic oxidation sites excluding steroid dienone is 1. The highest BCUT2D eigenvalue weighted by Gasteiger charge is 2.35. The molecule has 3 aromatic rings. The zero-order chi connectivity index (χ0) is 22.2. The van der Waals surface area contributed by atoms with E-state index in [1.165, 1.54) is 16.7 Å². The number of benzene rings is 3. The third kappa shape index (κ3) is 3.98. The highest BCUT2D eigenvalue weighted by Crippen LogP contribution is 2.44. The van der Waals surface area contributed by atoms with Crippen molar-refractivity contribution in [3.8, 4) is 0 Å². The molecule has 4 nitrogen and oxygen atoms in total. The summed E-state index contributed by atoms with van der Waals surface area (Å²) in [4.78, 5) is 2.53. The molecule has 1 heterocycles. The van der Waals surface area contributed by atoms with Crippen LogP contribution >= 0.6 is 0 Å². The lowest BCUT2D eigenvalue weighted by molar-refractivity contribution is 0.549. The minimum Gasteiger partial charge on any atom is -0.365 e. The summed E-state index contributed by atoms with van der Waals surface area (Å²) in [5.41, 5.74) is 6.36. The van der Waals surface area contributed by atoms with E-state index in [1.807, 2.05) is 24.3 Å². The van der Waals surface area contributed by atoms with Crippen LogP contribution in [0.1, 0.15) is 31.9 Å². The van der Waals surface area contributed by atoms with Crippen molar-refractivity contribution in [1.82, 2.24) is 0 Å². The summed E-state index contributed by atoms with van der Waals surface area (Å²) in [5, 5.41) is 0. The molecule has 4 rings (SSSR count). The van der Waals surface area contributed by atoms with Crippen LogP contribution in [0.4, 0.5) is 11.4 Å². The number of nitrogens with one attached hydrogen (secondary N) is 1. The lowest BCUT2D eigenvalue weighted by Crippen LogP contribution is -2.46. The van der Waals surface area contributed by atoms with E-state index in [-0.39, 0.29) is 10.4 Å². The van der Waals surface area contributed by atoms with E-state index in [0.717, 1.165) is 17.7 Å². The second kappa shape index (κ2) is 7.89. The maximum absolute atomic E-state index is 12.8. The predicted molar refractivity (Wildman–Crippen MR) is 129 cm³/mol. The van der Waals surface area contributed by atoms with E-state index in [4.69, 9.17) is 0 Å². The average Bonchev–Trinajstić information content (AvgIpc) is 2.76. The van der Waals surface area contributed by atoms with E-state index in [2.05, 4.69) is 61.7 Å². The Morgan fingerprint density at radius 2 is 1.52 bits per heavy atom. The Bertz CT molecular complexity index is 1230. The molecule has 0 bridgehead atoms. The van der Waals surface area contributed by atoms with Gasteiger partial charge in [-0.2, -0.15) is 0 Å². The van der Waals surface area contributed by atoms with E-state index >= 15 is 0 Å². The quantitative estimate of drug-likeness (QED) is 0.560. The Kier molecular flexibility index (Phi) is 5.40. The van der Waals surface area contributed by atoms with Crippen LogP contribution in [0.2, 0.25) is 0 Å². The zero-order valence-electron chi connectivity index (χ0n) is 18.4. The van der Waals surface area contributed by atoms with Crippen LogP contribution in [0, 0.1) is 0 Å². The minimum atomic E-state index is -3.64. The van der Waals surface area contributed by atoms with Crippen LogP contribution in [0.5, 0.6) is 0 Å². The van der Waals surface area contributed by atoms with Crippen molar-refractivity contribution >= 4 is 27.0 Å². The highest BCUT2D eigenvalue weighted by atomic mass is 32.2. The van der Waals surface area contributed by atoms with Gasteiger partial charge in [0.25, 0.3) is 10.0 Å². The molecular formula is C26H28N2O2S. The Hall–Kier alpha value is -3.05. The third-order valence-corrected chi connectivity index (χ3v) is 7.72. The second-order valence-electron chi connectivity index (χ2n) is 8.53. The molecule has 0 saturated carbocycles. The Labute approximate surface area is 185 Å². The topological polar surface area (TPSA) is 49.4 Å². The number of sulfonamides is 1. The summed E-state index contributed by atoms with van der Waals surface area (Å²) in [7, 11) is -1.53. The second-order valence-corrected chi connectivity index (χ2v) is 10.2. The van der Waals surface area contributed by atoms with Gasteiger partial charge < -0.3 is 4.90 Å². The predicted octanol–water partition coefficient (Wildman–Crippen LogP) is 5.73. The first-order chi connectivity index (χ1) is 14.7. The summed E-state index contributed by atoms with van der Waals surface area (Å²) < 4.78 is 28.3. The number of hydrogen-bond donors (Lipinski definition) is 1. The maximum atomic E-state index is 12.8. The average molecular weight is 433 g/mol. The van der Waals surface area contributed by atoms with Crippen molar-refractivity contribution in [1.29, 1.82) is 0 Å². The molecule has 0 amide bonds. The molecule has 0 aliphatic carbocycles. The first kappa shape index (κ1) is 21.2. The molecule has 0 saturated heterocycles. The number of fused-ring (bicyclic) bond motifs is 1. The molecular weight excluding hydrogens is 404 g/mol. The van der Waals surface area contributed by atoms with Gasteiger partial charge >= 0.3 is 0 Å². The number of likely N-dealkylation sites (N-methyl/N-ethyl adjacent to an activating group) is 1. The normalized spacial score (nSPS) is 15.5. The fourth-order valence-electron chi connectivity index (χ4n) is 4.28. The molecule has 0 spiro atoms. The fourth-order valence-corrected chi connectivity index (χ4v) is 5.35. The van der Waals surface area contributed by atoms with Crippen LogP contribution in [-0.2, 0) is 16.4 Å². The minimum absolute atomic E-state index is 0.155. The van der Waals surface area contributed by atoms with Crippen molar-refractivity contribution in [2.45, 2.75) is 37.6 Å². The molecule has 0 radical (unpaired) electrons. The molecule has 1 aliphatic rings. The Morgan fingerprint density at radius 3 is 2.16 bits per heavy atom. The van der Waals surface area contributed by atoms with Crippen molar-refractivity contribution in [2.24, 2.45) is 0 Å². The standard InChI is InChI=1S/C26H28N2O2S/c1-19-23-18-21(27-31(29,30)22-13-9-6-10-14-22)15-16-25(23)28(4)26(2,3)24(19)17-20-11-7-5-8-12-20/h5-16,18,27H,17H2,1-4H3. The zero-order valence-corrected chi connectivity index (χ0v) is 19.2. The van der Waals surface area contributed by atoms with Gasteiger partial charge in [-0.3, -0.25) is 4.72 Å². The van der Waals surface area contributed by atoms with Gasteiger partial charge in [0.2, 0.25) is 0 Å². The number of rotatable bonds is 5. The summed E-state index contributed by atoms with van der Waals surface area (Å²) in [5.74, 6) is 0. The van der Waals surface area contributed by atoms with Crippen molar-refractivity contribution < 1.29 is 8.42 Å². The number of nitrogens with zero attached hydrogens (tertiary/aromatic N) is 1. The SMILES string of the molecule is CC1=C(Cc2ccccc2)C(C)(C)N(C)c2ccc(NS(=O)(=O)c3ccccc3)cc21. The van der Waals surface area contributed by atoms with E-state index in [1.54, 1.807) is 30.3 Å². The molecule has 0 unspecified atom stereocenters. The molecule has 31 heavy (non-hydrogen) atoms. The first-order valence-electron chi connectivity index (χ1n) is 10.4. The Balaban J connectivity index is 1.75. The fraction of sp³-hybridized carbons (Fsp3) is 0.231. The van der Waals surface area contributed by atoms with Gasteiger partial charge in [0.15, 0.2) is 0 Å². The van der Waals surface area contributed by atoms with E-state index in [0.29, 0.717) is 5.69 Å². The van der Waals surface area contributed by atoms with Gasteiger partial charge in [0.1, 0.15) is 0 Å². The van der Waals surface area contributed by atoms with Gasteiger partial charge in [0.05, 0.1) is 10.4 Å². The largest absolute Gasteiger partial charge is 0.365 e. The number of anilines is 2. The van der Waals surface area contributed by atoms with Crippen LogP contribution < -0.4 is 9.62 Å². The lowest BCUT2D eigenvalue weighted by atomic mass is 9.78. The van der Waals surface area contributed by atoms with Gasteiger partial charge in [-0.05, 0) is 74.2 Å². The molecule has 5 heteroatoms. The monoisotopic (exact) mass is 432 g/mol. The smallest absolute Gasteiger partial charge is 0.261 e. The molecule has 0 fully saturated rings. The highest BCUT2D eigenvalue weighted by molar-refractivity contribution is 7.92. The van der Waals surface area contributed by atoms with E-state index in [9.17, 15) is 8.42 Å². The van der Waals surface area contributed by atoms with Gasteiger partial charge in [-0.15, -0.1) is 0 Å². The first-order valence-corrected chi connectivity index (χ1v) is 11.9. The van der Waals surface area contributed by atoms with Crippen molar-refractivity contribution in [3.05, 3.63) is 95.6 Å². The molecule has 3 aromatic carbocycles. The van der Waals surface area contributed by atoms with E-state index < -0.39 is 10.0 Å². The van der Waals surface area contributed by atoms with Crippen molar-refractivity contribution in [2.75, 3.05) is 16.7 Å². The summed E-state index contributed by atoms with van der Waals surface area (Å²) >= 11 is 0. The van der Waals surface area contributed by atoms with Crippen LogP contribution in [-0.4, -0.2) is 21.0 Å². The molecule has 0 atom stereocenters. The summed E-state index contributed by atoms with van der Waals surface area (Å²) in [6, 6.07) is 24.7. The van der Waals surface area contributed by atoms with Crippen molar-refractivity contribution in [3.63, 3.8) is 0 Å². The Morgan fingerprint density at radius 1 is 0.903 bits per heavy atom. The molecule has 160 valence electrons. The summed E-state index contributed by atoms with van der Waals surface area (Å²) in [6.07, 6.45) is 0.851. The van der Waals surface area contributed by atoms with Crippen LogP contribution in [0.25, 0.3) is 5.57 Å². The number of hydrogen-bond acceptors (Lipinski definition) is 3. The van der Waals surface area contributed by atoms with Gasteiger partial charge in [-0.1, -0.05) is 48.5 Å². The lowest BCUT2D eigenvalue weighted by Gasteiger charge is -2.45. The van der Waals surface area contributed by atoms with Crippen LogP contribution in [0.15, 0.2) is 89.3 Å². The third-order valence-electron chi connectivity index (χ3n) is 6.32. The van der Waals surface area contributed by atoms with Gasteiger partial charge in [0, 0.05) is 24.0 Å². The van der Waals surface area contributed by atoms with Crippen LogP contribution in [0.3, 0.4) is 0 Å².